The zero-order valence-corrected chi connectivity index (χ0v) is 11.7. The van der Waals surface area contributed by atoms with Crippen molar-refractivity contribution in [3.8, 4) is 0 Å². The van der Waals surface area contributed by atoms with Crippen LogP contribution < -0.4 is 4.72 Å². The van der Waals surface area contributed by atoms with Crippen LogP contribution in [0.5, 0.6) is 0 Å². The number of sulfonamides is 1. The summed E-state index contributed by atoms with van der Waals surface area (Å²) < 4.78 is 25.9. The lowest BCUT2D eigenvalue weighted by Gasteiger charge is -2.06. The van der Waals surface area contributed by atoms with E-state index in [4.69, 9.17) is 5.11 Å². The Kier molecular flexibility index (Phi) is 5.17. The molecule has 1 rings (SSSR count). The number of aryl methyl sites for hydroxylation is 1. The quantitative estimate of drug-likeness (QED) is 0.682. The first-order valence-corrected chi connectivity index (χ1v) is 7.98. The molecule has 18 heavy (non-hydrogen) atoms. The van der Waals surface area contributed by atoms with Crippen molar-refractivity contribution in [2.75, 3.05) is 18.6 Å². The van der Waals surface area contributed by atoms with Gasteiger partial charge in [-0.2, -0.15) is 0 Å². The molecule has 0 aliphatic carbocycles. The third-order valence-electron chi connectivity index (χ3n) is 1.90. The highest BCUT2D eigenvalue weighted by Gasteiger charge is 2.09. The van der Waals surface area contributed by atoms with Crippen LogP contribution in [0, 0.1) is 6.92 Å². The fourth-order valence-electron chi connectivity index (χ4n) is 1.28. The molecule has 0 saturated heterocycles. The van der Waals surface area contributed by atoms with E-state index in [0.29, 0.717) is 11.7 Å². The Morgan fingerprint density at radius 2 is 2.28 bits per heavy atom. The van der Waals surface area contributed by atoms with E-state index < -0.39 is 16.0 Å². The van der Waals surface area contributed by atoms with Gasteiger partial charge in [-0.05, 0) is 6.92 Å². The molecule has 0 radical (unpaired) electrons. The molecular weight excluding hydrogens is 278 g/mol. The third-order valence-corrected chi connectivity index (χ3v) is 3.61. The standard InChI is InChI=1S/C9H15N3O4S2/c1-7-5-12(4-3-10-18(2,15)16)9(11-7)17-6-8(13)14/h5,10H,3-4,6H2,1-2H3,(H,13,14). The van der Waals surface area contributed by atoms with E-state index in [-0.39, 0.29) is 12.3 Å². The average Bonchev–Trinajstić information content (AvgIpc) is 2.54. The number of hydrogen-bond donors (Lipinski definition) is 2. The first-order chi connectivity index (χ1) is 8.28. The van der Waals surface area contributed by atoms with Gasteiger partial charge in [0.05, 0.1) is 17.7 Å². The van der Waals surface area contributed by atoms with Gasteiger partial charge in [0.2, 0.25) is 10.0 Å². The number of carboxylic acids is 1. The number of aliphatic carboxylic acids is 1. The molecule has 1 aromatic heterocycles. The number of nitrogens with one attached hydrogen (secondary N) is 1. The summed E-state index contributed by atoms with van der Waals surface area (Å²) in [4.78, 5) is 14.7. The van der Waals surface area contributed by atoms with Gasteiger partial charge in [0.1, 0.15) is 0 Å². The molecule has 9 heteroatoms. The normalized spacial score (nSPS) is 11.7. The Bertz CT molecular complexity index is 524. The number of thioether (sulfide) groups is 1. The van der Waals surface area contributed by atoms with Crippen LogP contribution >= 0.6 is 11.8 Å². The van der Waals surface area contributed by atoms with Gasteiger partial charge in [-0.3, -0.25) is 4.79 Å². The van der Waals surface area contributed by atoms with Crippen molar-refractivity contribution in [3.63, 3.8) is 0 Å². The maximum atomic E-state index is 10.9. The molecule has 0 spiro atoms. The van der Waals surface area contributed by atoms with Crippen LogP contribution in [-0.2, 0) is 21.4 Å². The molecule has 7 nitrogen and oxygen atoms in total. The summed E-state index contributed by atoms with van der Waals surface area (Å²) >= 11 is 1.11. The van der Waals surface area contributed by atoms with Crippen molar-refractivity contribution in [1.82, 2.24) is 14.3 Å². The van der Waals surface area contributed by atoms with Gasteiger partial charge < -0.3 is 9.67 Å². The molecule has 1 aromatic rings. The number of carbonyl (C=O) groups is 1. The Labute approximate surface area is 110 Å². The fourth-order valence-corrected chi connectivity index (χ4v) is 2.51. The monoisotopic (exact) mass is 293 g/mol. The van der Waals surface area contributed by atoms with Crippen LogP contribution in [0.2, 0.25) is 0 Å². The molecule has 0 aromatic carbocycles. The van der Waals surface area contributed by atoms with Crippen LogP contribution in [0.3, 0.4) is 0 Å². The van der Waals surface area contributed by atoms with Gasteiger partial charge in [-0.15, -0.1) is 0 Å². The van der Waals surface area contributed by atoms with Crippen molar-refractivity contribution in [1.29, 1.82) is 0 Å². The molecule has 0 aliphatic heterocycles. The second kappa shape index (κ2) is 6.21. The minimum atomic E-state index is -3.21. The van der Waals surface area contributed by atoms with Crippen molar-refractivity contribution < 1.29 is 18.3 Å². The number of aromatic nitrogens is 2. The van der Waals surface area contributed by atoms with Gasteiger partial charge in [-0.25, -0.2) is 18.1 Å². The minimum absolute atomic E-state index is 0.0735. The van der Waals surface area contributed by atoms with Crippen molar-refractivity contribution in [3.05, 3.63) is 11.9 Å². The second-order valence-electron chi connectivity index (χ2n) is 3.71. The molecule has 0 fully saturated rings. The smallest absolute Gasteiger partial charge is 0.313 e. The Balaban J connectivity index is 2.61. The maximum absolute atomic E-state index is 10.9. The molecule has 0 unspecified atom stereocenters. The first-order valence-electron chi connectivity index (χ1n) is 5.11. The predicted molar refractivity (Wildman–Crippen MR) is 68.2 cm³/mol. The van der Waals surface area contributed by atoms with Crippen molar-refractivity contribution in [2.24, 2.45) is 0 Å². The SMILES string of the molecule is Cc1cn(CCNS(C)(=O)=O)c(SCC(=O)O)n1. The molecule has 0 bridgehead atoms. The molecule has 102 valence electrons. The first kappa shape index (κ1) is 15.0. The van der Waals surface area contributed by atoms with Gasteiger partial charge >= 0.3 is 5.97 Å². The predicted octanol–water partition coefficient (Wildman–Crippen LogP) is -0.0826. The summed E-state index contributed by atoms with van der Waals surface area (Å²) in [7, 11) is -3.21. The van der Waals surface area contributed by atoms with Crippen LogP contribution in [0.1, 0.15) is 5.69 Å². The third kappa shape index (κ3) is 5.52. The molecule has 2 N–H and O–H groups in total. The molecule has 0 amide bonds. The second-order valence-corrected chi connectivity index (χ2v) is 6.48. The topological polar surface area (TPSA) is 101 Å². The lowest BCUT2D eigenvalue weighted by atomic mass is 10.5. The molecule has 0 atom stereocenters. The number of nitrogens with zero attached hydrogens (tertiary/aromatic N) is 2. The van der Waals surface area contributed by atoms with Crippen LogP contribution in [0.25, 0.3) is 0 Å². The summed E-state index contributed by atoms with van der Waals surface area (Å²) in [5.74, 6) is -0.989. The number of hydrogen-bond acceptors (Lipinski definition) is 5. The summed E-state index contributed by atoms with van der Waals surface area (Å²) in [5.41, 5.74) is 0.766. The summed E-state index contributed by atoms with van der Waals surface area (Å²) in [6.45, 7) is 2.45. The van der Waals surface area contributed by atoms with Gasteiger partial charge in [0, 0.05) is 19.3 Å². The van der Waals surface area contributed by atoms with Crippen LogP contribution in [0.4, 0.5) is 0 Å². The van der Waals surface area contributed by atoms with Gasteiger partial charge in [-0.1, -0.05) is 11.8 Å². The van der Waals surface area contributed by atoms with E-state index in [9.17, 15) is 13.2 Å². The summed E-state index contributed by atoms with van der Waals surface area (Å²) in [6.07, 6.45) is 2.85. The average molecular weight is 293 g/mol. The maximum Gasteiger partial charge on any atom is 0.313 e. The van der Waals surface area contributed by atoms with E-state index in [1.807, 2.05) is 0 Å². The van der Waals surface area contributed by atoms with Crippen LogP contribution in [-0.4, -0.2) is 47.6 Å². The van der Waals surface area contributed by atoms with E-state index in [1.54, 1.807) is 17.7 Å². The van der Waals surface area contributed by atoms with E-state index >= 15 is 0 Å². The van der Waals surface area contributed by atoms with E-state index in [0.717, 1.165) is 23.7 Å². The highest BCUT2D eigenvalue weighted by Crippen LogP contribution is 2.17. The minimum Gasteiger partial charge on any atom is -0.481 e. The highest BCUT2D eigenvalue weighted by molar-refractivity contribution is 7.99. The van der Waals surface area contributed by atoms with E-state index in [1.165, 1.54) is 0 Å². The lowest BCUT2D eigenvalue weighted by molar-refractivity contribution is -0.133. The van der Waals surface area contributed by atoms with E-state index in [2.05, 4.69) is 9.71 Å². The fraction of sp³-hybridized carbons (Fsp3) is 0.556. The van der Waals surface area contributed by atoms with Gasteiger partial charge in [0.25, 0.3) is 0 Å². The molecule has 0 saturated carbocycles. The Morgan fingerprint density at radius 3 is 2.83 bits per heavy atom. The van der Waals surface area contributed by atoms with Crippen molar-refractivity contribution >= 4 is 27.8 Å². The number of rotatable bonds is 7. The zero-order valence-electron chi connectivity index (χ0n) is 10.1. The largest absolute Gasteiger partial charge is 0.481 e. The summed E-state index contributed by atoms with van der Waals surface area (Å²) in [5, 5.41) is 9.18. The van der Waals surface area contributed by atoms with Crippen molar-refractivity contribution in [2.45, 2.75) is 18.6 Å². The molecular formula is C9H15N3O4S2. The Hall–Kier alpha value is -1.06. The zero-order chi connectivity index (χ0) is 13.8. The Morgan fingerprint density at radius 1 is 1.61 bits per heavy atom. The number of imidazole rings is 1. The molecule has 0 aliphatic rings. The highest BCUT2D eigenvalue weighted by atomic mass is 32.2. The van der Waals surface area contributed by atoms with Crippen LogP contribution in [0.15, 0.2) is 11.4 Å². The molecule has 1 heterocycles. The number of carboxylic acid groups (broad SMARTS) is 1. The van der Waals surface area contributed by atoms with Gasteiger partial charge in [0.15, 0.2) is 5.16 Å². The lowest BCUT2D eigenvalue weighted by Crippen LogP contribution is -2.26. The summed E-state index contributed by atoms with van der Waals surface area (Å²) in [6, 6.07) is 0.